The number of carbonyl (C=O) groups is 2. The Morgan fingerprint density at radius 1 is 1.10 bits per heavy atom. The molecule has 1 aliphatic carbocycles. The molecule has 0 bridgehead atoms. The first-order valence-corrected chi connectivity index (χ1v) is 10.3. The van der Waals surface area contributed by atoms with Crippen molar-refractivity contribution in [3.05, 3.63) is 65.2 Å². The molecule has 2 amide bonds. The molecule has 1 saturated carbocycles. The van der Waals surface area contributed by atoms with Crippen molar-refractivity contribution >= 4 is 23.0 Å². The summed E-state index contributed by atoms with van der Waals surface area (Å²) in [6.45, 7) is 4.03. The fourth-order valence-electron chi connectivity index (χ4n) is 4.06. The third kappa shape index (κ3) is 3.75. The molecular formula is C23H26N4O2. The first-order valence-electron chi connectivity index (χ1n) is 10.3. The summed E-state index contributed by atoms with van der Waals surface area (Å²) in [6.07, 6.45) is 6.85. The van der Waals surface area contributed by atoms with Crippen molar-refractivity contribution in [3.63, 3.8) is 0 Å². The van der Waals surface area contributed by atoms with Crippen LogP contribution in [-0.4, -0.2) is 27.2 Å². The van der Waals surface area contributed by atoms with Crippen LogP contribution in [0.25, 0.3) is 5.52 Å². The molecule has 2 heterocycles. The van der Waals surface area contributed by atoms with E-state index in [9.17, 15) is 9.59 Å². The molecule has 2 N–H and O–H groups in total. The average Bonchev–Trinajstić information content (AvgIpc) is 3.37. The Bertz CT molecular complexity index is 1060. The molecule has 0 spiro atoms. The molecule has 4 rings (SSSR count). The lowest BCUT2D eigenvalue weighted by Gasteiger charge is -2.12. The van der Waals surface area contributed by atoms with Crippen molar-refractivity contribution < 1.29 is 9.59 Å². The second kappa shape index (κ2) is 8.07. The normalized spacial score (nSPS) is 14.3. The van der Waals surface area contributed by atoms with Crippen LogP contribution in [0.3, 0.4) is 0 Å². The highest BCUT2D eigenvalue weighted by atomic mass is 16.2. The summed E-state index contributed by atoms with van der Waals surface area (Å²) in [4.78, 5) is 30.4. The lowest BCUT2D eigenvalue weighted by Crippen LogP contribution is -2.33. The van der Waals surface area contributed by atoms with Crippen LogP contribution in [0.15, 0.2) is 42.6 Å². The molecule has 2 aromatic heterocycles. The zero-order valence-electron chi connectivity index (χ0n) is 16.9. The second-order valence-corrected chi connectivity index (χ2v) is 7.61. The van der Waals surface area contributed by atoms with Crippen LogP contribution in [0, 0.1) is 6.92 Å². The number of benzene rings is 1. The number of hydrogen-bond acceptors (Lipinski definition) is 3. The molecule has 6 nitrogen and oxygen atoms in total. The van der Waals surface area contributed by atoms with E-state index in [0.717, 1.165) is 48.9 Å². The van der Waals surface area contributed by atoms with Gasteiger partial charge in [-0.1, -0.05) is 44.0 Å². The van der Waals surface area contributed by atoms with Gasteiger partial charge in [0.2, 0.25) is 5.82 Å². The van der Waals surface area contributed by atoms with Crippen LogP contribution in [-0.2, 0) is 6.42 Å². The van der Waals surface area contributed by atoms with E-state index in [1.165, 1.54) is 0 Å². The minimum Gasteiger partial charge on any atom is -0.347 e. The number of aryl methyl sites for hydroxylation is 2. The van der Waals surface area contributed by atoms with Crippen LogP contribution in [0.2, 0.25) is 0 Å². The molecule has 1 aliphatic rings. The van der Waals surface area contributed by atoms with Crippen molar-refractivity contribution in [2.24, 2.45) is 0 Å². The van der Waals surface area contributed by atoms with Gasteiger partial charge in [-0.15, -0.1) is 0 Å². The van der Waals surface area contributed by atoms with Gasteiger partial charge in [0.05, 0.1) is 5.52 Å². The van der Waals surface area contributed by atoms with E-state index in [4.69, 9.17) is 0 Å². The van der Waals surface area contributed by atoms with Gasteiger partial charge < -0.3 is 10.6 Å². The molecule has 150 valence electrons. The van der Waals surface area contributed by atoms with Gasteiger partial charge in [0.25, 0.3) is 11.8 Å². The number of pyridine rings is 1. The first kappa shape index (κ1) is 19.2. The van der Waals surface area contributed by atoms with Gasteiger partial charge >= 0.3 is 0 Å². The SMILES string of the molecule is CCc1cccc(C)c1NC(=O)c1nc(C(=O)NC2CCCC2)n2ccccc12. The van der Waals surface area contributed by atoms with Gasteiger partial charge in [-0.05, 0) is 49.4 Å². The van der Waals surface area contributed by atoms with Gasteiger partial charge in [-0.2, -0.15) is 0 Å². The Labute approximate surface area is 170 Å². The number of nitrogens with one attached hydrogen (secondary N) is 2. The summed E-state index contributed by atoms with van der Waals surface area (Å²) in [6, 6.07) is 11.6. The maximum absolute atomic E-state index is 13.1. The topological polar surface area (TPSA) is 75.5 Å². The third-order valence-electron chi connectivity index (χ3n) is 5.64. The van der Waals surface area contributed by atoms with E-state index in [0.29, 0.717) is 5.52 Å². The number of carbonyl (C=O) groups excluding carboxylic acids is 2. The zero-order chi connectivity index (χ0) is 20.4. The molecule has 29 heavy (non-hydrogen) atoms. The average molecular weight is 390 g/mol. The van der Waals surface area contributed by atoms with E-state index >= 15 is 0 Å². The van der Waals surface area contributed by atoms with Crippen molar-refractivity contribution in [1.29, 1.82) is 0 Å². The molecular weight excluding hydrogens is 364 g/mol. The number of nitrogens with zero attached hydrogens (tertiary/aromatic N) is 2. The fourth-order valence-corrected chi connectivity index (χ4v) is 4.06. The second-order valence-electron chi connectivity index (χ2n) is 7.61. The van der Waals surface area contributed by atoms with Crippen molar-refractivity contribution in [2.75, 3.05) is 5.32 Å². The number of rotatable bonds is 5. The molecule has 0 atom stereocenters. The van der Waals surface area contributed by atoms with Crippen molar-refractivity contribution in [3.8, 4) is 0 Å². The van der Waals surface area contributed by atoms with E-state index in [-0.39, 0.29) is 29.4 Å². The van der Waals surface area contributed by atoms with Gasteiger partial charge in [0, 0.05) is 17.9 Å². The van der Waals surface area contributed by atoms with Gasteiger partial charge in [-0.25, -0.2) is 4.98 Å². The fraction of sp³-hybridized carbons (Fsp3) is 0.348. The minimum absolute atomic E-state index is 0.190. The number of fused-ring (bicyclic) bond motifs is 1. The van der Waals surface area contributed by atoms with Crippen LogP contribution in [0.5, 0.6) is 0 Å². The molecule has 0 saturated heterocycles. The minimum atomic E-state index is -0.308. The van der Waals surface area contributed by atoms with Crippen molar-refractivity contribution in [1.82, 2.24) is 14.7 Å². The Hall–Kier alpha value is -3.15. The number of hydrogen-bond donors (Lipinski definition) is 2. The molecule has 6 heteroatoms. The van der Waals surface area contributed by atoms with Crippen molar-refractivity contribution in [2.45, 2.75) is 52.0 Å². The standard InChI is InChI=1S/C23H26N4O2/c1-3-16-10-8-9-15(2)19(16)26-22(28)20-18-13-6-7-14-27(18)21(25-20)23(29)24-17-11-4-5-12-17/h6-10,13-14,17H,3-5,11-12H2,1-2H3,(H,24,29)(H,26,28). The summed E-state index contributed by atoms with van der Waals surface area (Å²) >= 11 is 0. The molecule has 0 aliphatic heterocycles. The van der Waals surface area contributed by atoms with Crippen LogP contribution < -0.4 is 10.6 Å². The molecule has 1 fully saturated rings. The van der Waals surface area contributed by atoms with E-state index in [1.54, 1.807) is 10.6 Å². The van der Waals surface area contributed by atoms with Gasteiger partial charge in [0.15, 0.2) is 5.69 Å². The molecule has 0 radical (unpaired) electrons. The monoisotopic (exact) mass is 390 g/mol. The smallest absolute Gasteiger partial charge is 0.287 e. The lowest BCUT2D eigenvalue weighted by molar-refractivity contribution is 0.0926. The Morgan fingerprint density at radius 3 is 2.66 bits per heavy atom. The quantitative estimate of drug-likeness (QED) is 0.688. The highest BCUT2D eigenvalue weighted by molar-refractivity contribution is 6.09. The highest BCUT2D eigenvalue weighted by Gasteiger charge is 2.25. The maximum Gasteiger partial charge on any atom is 0.287 e. The van der Waals surface area contributed by atoms with Gasteiger partial charge in [-0.3, -0.25) is 14.0 Å². The Kier molecular flexibility index (Phi) is 5.34. The summed E-state index contributed by atoms with van der Waals surface area (Å²) in [5, 5.41) is 6.08. The predicted molar refractivity (Wildman–Crippen MR) is 113 cm³/mol. The lowest BCUT2D eigenvalue weighted by atomic mass is 10.1. The highest BCUT2D eigenvalue weighted by Crippen LogP contribution is 2.23. The summed E-state index contributed by atoms with van der Waals surface area (Å²) < 4.78 is 1.69. The number of para-hydroxylation sites is 1. The molecule has 1 aromatic carbocycles. The number of amides is 2. The van der Waals surface area contributed by atoms with E-state index < -0.39 is 0 Å². The summed E-state index contributed by atoms with van der Waals surface area (Å²) in [5.41, 5.74) is 3.76. The van der Waals surface area contributed by atoms with Crippen LogP contribution >= 0.6 is 0 Å². The first-order chi connectivity index (χ1) is 14.1. The Balaban J connectivity index is 1.67. The molecule has 3 aromatic rings. The zero-order valence-corrected chi connectivity index (χ0v) is 16.9. The summed E-state index contributed by atoms with van der Waals surface area (Å²) in [7, 11) is 0. The number of anilines is 1. The molecule has 0 unspecified atom stereocenters. The number of aromatic nitrogens is 2. The number of imidazole rings is 1. The van der Waals surface area contributed by atoms with E-state index in [1.807, 2.05) is 43.3 Å². The van der Waals surface area contributed by atoms with Gasteiger partial charge in [0.1, 0.15) is 0 Å². The predicted octanol–water partition coefficient (Wildman–Crippen LogP) is 4.13. The van der Waals surface area contributed by atoms with Crippen LogP contribution in [0.1, 0.15) is 64.8 Å². The maximum atomic E-state index is 13.1. The van der Waals surface area contributed by atoms with E-state index in [2.05, 4.69) is 22.5 Å². The largest absolute Gasteiger partial charge is 0.347 e. The summed E-state index contributed by atoms with van der Waals surface area (Å²) in [5.74, 6) is -0.293. The third-order valence-corrected chi connectivity index (χ3v) is 5.64. The van der Waals surface area contributed by atoms with Crippen LogP contribution in [0.4, 0.5) is 5.69 Å². The Morgan fingerprint density at radius 2 is 1.90 bits per heavy atom.